The van der Waals surface area contributed by atoms with Crippen LogP contribution in [-0.4, -0.2) is 55.1 Å². The van der Waals surface area contributed by atoms with Gasteiger partial charge in [-0.1, -0.05) is 68.3 Å². The summed E-state index contributed by atoms with van der Waals surface area (Å²) in [5.41, 5.74) is 4.27. The summed E-state index contributed by atoms with van der Waals surface area (Å²) in [5, 5.41) is 14.5. The molecule has 2 aromatic carbocycles. The van der Waals surface area contributed by atoms with Crippen molar-refractivity contribution in [3.8, 4) is 22.5 Å². The second-order valence-corrected chi connectivity index (χ2v) is 8.46. The second kappa shape index (κ2) is 8.59. The van der Waals surface area contributed by atoms with Gasteiger partial charge in [-0.05, 0) is 41.2 Å². The fourth-order valence-electron chi connectivity index (χ4n) is 5.01. The maximum Gasteiger partial charge on any atom is 0.241 e. The Morgan fingerprint density at radius 2 is 1.90 bits per heavy atom. The lowest BCUT2D eigenvalue weighted by Crippen LogP contribution is -2.39. The van der Waals surface area contributed by atoms with Crippen molar-refractivity contribution in [2.24, 2.45) is 0 Å². The minimum Gasteiger partial charge on any atom is -0.321 e. The lowest BCUT2D eigenvalue weighted by molar-refractivity contribution is -0.130. The molecule has 0 saturated carbocycles. The number of hydrogen-bond acceptors (Lipinski definition) is 5. The van der Waals surface area contributed by atoms with Crippen LogP contribution in [0, 0.1) is 0 Å². The summed E-state index contributed by atoms with van der Waals surface area (Å²) in [6.45, 7) is 3.94. The van der Waals surface area contributed by atoms with Crippen LogP contribution in [0.3, 0.4) is 0 Å². The lowest BCUT2D eigenvalue weighted by Gasteiger charge is -2.29. The van der Waals surface area contributed by atoms with E-state index in [2.05, 4.69) is 67.7 Å². The Bertz CT molecular complexity index is 1030. The van der Waals surface area contributed by atoms with E-state index in [1.807, 2.05) is 18.2 Å². The number of carbonyl (C=O) groups is 1. The van der Waals surface area contributed by atoms with Crippen molar-refractivity contribution in [2.75, 3.05) is 6.54 Å². The van der Waals surface area contributed by atoms with E-state index >= 15 is 0 Å². The van der Waals surface area contributed by atoms with Crippen LogP contribution < -0.4 is 0 Å². The van der Waals surface area contributed by atoms with E-state index in [-0.39, 0.29) is 12.2 Å². The Kier molecular flexibility index (Phi) is 5.51. The highest BCUT2D eigenvalue weighted by molar-refractivity contribution is 5.85. The molecule has 0 aliphatic carbocycles. The molecule has 2 saturated heterocycles. The highest BCUT2D eigenvalue weighted by atomic mass is 16.2. The van der Waals surface area contributed by atoms with Crippen molar-refractivity contribution in [3.63, 3.8) is 0 Å². The first-order valence-electron chi connectivity index (χ1n) is 11.2. The number of aromatic nitrogens is 4. The third-order valence-electron chi connectivity index (χ3n) is 6.55. The molecule has 0 bridgehead atoms. The minimum atomic E-state index is 0.1000. The van der Waals surface area contributed by atoms with Crippen molar-refractivity contribution >= 4 is 5.91 Å². The van der Waals surface area contributed by atoms with Crippen LogP contribution in [-0.2, 0) is 11.3 Å². The molecule has 3 aromatic rings. The molecule has 1 aromatic heterocycles. The normalized spacial score (nSPS) is 21.1. The average molecular weight is 417 g/mol. The topological polar surface area (TPSA) is 78.0 Å². The zero-order valence-corrected chi connectivity index (χ0v) is 17.9. The van der Waals surface area contributed by atoms with Gasteiger partial charge in [-0.3, -0.25) is 9.69 Å². The Hall–Kier alpha value is -3.06. The molecule has 2 fully saturated rings. The summed E-state index contributed by atoms with van der Waals surface area (Å²) < 4.78 is 0. The number of aromatic amines is 1. The predicted molar refractivity (Wildman–Crippen MR) is 119 cm³/mol. The molecule has 1 amide bonds. The van der Waals surface area contributed by atoms with Gasteiger partial charge in [0.15, 0.2) is 0 Å². The van der Waals surface area contributed by atoms with Crippen LogP contribution in [0.4, 0.5) is 0 Å². The Morgan fingerprint density at radius 3 is 2.65 bits per heavy atom. The monoisotopic (exact) mass is 416 g/mol. The molecule has 160 valence electrons. The molecule has 3 heterocycles. The zero-order valence-electron chi connectivity index (χ0n) is 17.9. The van der Waals surface area contributed by atoms with Gasteiger partial charge >= 0.3 is 0 Å². The van der Waals surface area contributed by atoms with E-state index in [4.69, 9.17) is 0 Å². The minimum absolute atomic E-state index is 0.1000. The molecule has 7 nitrogen and oxygen atoms in total. The Balaban J connectivity index is 1.37. The van der Waals surface area contributed by atoms with Gasteiger partial charge in [0.05, 0.1) is 12.2 Å². The zero-order chi connectivity index (χ0) is 21.2. The maximum absolute atomic E-state index is 13.1. The molecule has 31 heavy (non-hydrogen) atoms. The molecule has 2 atom stereocenters. The SMILES string of the molecule is CCCC[C@H]1N(Cc2ccc(-c3ccccc3-c3nn[nH]n3)cc2)C(=O)[C@H]2CCCN21. The smallest absolute Gasteiger partial charge is 0.241 e. The average Bonchev–Trinajstić information content (AvgIpc) is 3.54. The number of fused-ring (bicyclic) bond motifs is 1. The van der Waals surface area contributed by atoms with Crippen molar-refractivity contribution in [2.45, 2.75) is 57.8 Å². The molecule has 2 aliphatic rings. The number of tetrazole rings is 1. The van der Waals surface area contributed by atoms with E-state index in [9.17, 15) is 4.79 Å². The van der Waals surface area contributed by atoms with Crippen molar-refractivity contribution in [1.29, 1.82) is 0 Å². The van der Waals surface area contributed by atoms with Crippen LogP contribution in [0.2, 0.25) is 0 Å². The summed E-state index contributed by atoms with van der Waals surface area (Å²) in [4.78, 5) is 17.6. The first kappa shape index (κ1) is 19.9. The largest absolute Gasteiger partial charge is 0.321 e. The van der Waals surface area contributed by atoms with Crippen molar-refractivity contribution in [3.05, 3.63) is 54.1 Å². The van der Waals surface area contributed by atoms with Gasteiger partial charge in [-0.25, -0.2) is 0 Å². The molecule has 0 radical (unpaired) electrons. The fraction of sp³-hybridized carbons (Fsp3) is 0.417. The van der Waals surface area contributed by atoms with Crippen LogP contribution in [0.15, 0.2) is 48.5 Å². The summed E-state index contributed by atoms with van der Waals surface area (Å²) in [5.74, 6) is 0.895. The highest BCUT2D eigenvalue weighted by Crippen LogP contribution is 2.35. The van der Waals surface area contributed by atoms with E-state index in [0.717, 1.165) is 60.9 Å². The Morgan fingerprint density at radius 1 is 1.10 bits per heavy atom. The van der Waals surface area contributed by atoms with Crippen molar-refractivity contribution < 1.29 is 4.79 Å². The number of unbranched alkanes of at least 4 members (excludes halogenated alkanes) is 1. The van der Waals surface area contributed by atoms with Crippen LogP contribution >= 0.6 is 0 Å². The molecule has 0 spiro atoms. The number of rotatable bonds is 7. The van der Waals surface area contributed by atoms with E-state index in [1.54, 1.807) is 0 Å². The second-order valence-electron chi connectivity index (χ2n) is 8.46. The predicted octanol–water partition coefficient (Wildman–Crippen LogP) is 3.86. The maximum atomic E-state index is 13.1. The Labute approximate surface area is 182 Å². The molecular weight excluding hydrogens is 388 g/mol. The molecular formula is C24H28N6O. The van der Waals surface area contributed by atoms with Crippen LogP contribution in [0.5, 0.6) is 0 Å². The van der Waals surface area contributed by atoms with Gasteiger partial charge < -0.3 is 4.90 Å². The third kappa shape index (κ3) is 3.74. The fourth-order valence-corrected chi connectivity index (χ4v) is 5.01. The number of nitrogens with one attached hydrogen (secondary N) is 1. The van der Waals surface area contributed by atoms with E-state index < -0.39 is 0 Å². The van der Waals surface area contributed by atoms with Gasteiger partial charge in [0, 0.05) is 18.7 Å². The number of nitrogens with zero attached hydrogens (tertiary/aromatic N) is 5. The molecule has 2 aliphatic heterocycles. The van der Waals surface area contributed by atoms with Crippen LogP contribution in [0.1, 0.15) is 44.6 Å². The van der Waals surface area contributed by atoms with Gasteiger partial charge in [0.25, 0.3) is 0 Å². The first-order chi connectivity index (χ1) is 15.3. The molecule has 7 heteroatoms. The third-order valence-corrected chi connectivity index (χ3v) is 6.55. The van der Waals surface area contributed by atoms with Crippen LogP contribution in [0.25, 0.3) is 22.5 Å². The van der Waals surface area contributed by atoms with Gasteiger partial charge in [-0.2, -0.15) is 5.21 Å². The number of H-pyrrole nitrogens is 1. The quantitative estimate of drug-likeness (QED) is 0.633. The van der Waals surface area contributed by atoms with E-state index in [1.165, 1.54) is 0 Å². The summed E-state index contributed by atoms with van der Waals surface area (Å²) >= 11 is 0. The molecule has 0 unspecified atom stereocenters. The van der Waals surface area contributed by atoms with Gasteiger partial charge in [0.1, 0.15) is 0 Å². The first-order valence-corrected chi connectivity index (χ1v) is 11.2. The number of amides is 1. The highest BCUT2D eigenvalue weighted by Gasteiger charge is 2.47. The molecule has 1 N–H and O–H groups in total. The van der Waals surface area contributed by atoms with Crippen molar-refractivity contribution in [1.82, 2.24) is 30.4 Å². The van der Waals surface area contributed by atoms with E-state index in [0.29, 0.717) is 18.3 Å². The standard InChI is InChI=1S/C24H28N6O/c1-2-3-10-22-29-15-6-9-21(29)24(31)30(22)16-17-11-13-18(14-12-17)19-7-4-5-8-20(19)23-25-27-28-26-23/h4-5,7-8,11-14,21-22H,2-3,6,9-10,15-16H2,1H3,(H,25,26,27,28)/t21-,22-/m1/s1. The lowest BCUT2D eigenvalue weighted by atomic mass is 9.98. The van der Waals surface area contributed by atoms with Gasteiger partial charge in [0.2, 0.25) is 11.7 Å². The summed E-state index contributed by atoms with van der Waals surface area (Å²) in [7, 11) is 0. The number of carbonyl (C=O) groups excluding carboxylic acids is 1. The van der Waals surface area contributed by atoms with Gasteiger partial charge in [-0.15, -0.1) is 10.2 Å². The molecule has 5 rings (SSSR count). The summed E-state index contributed by atoms with van der Waals surface area (Å²) in [6.07, 6.45) is 5.77. The summed E-state index contributed by atoms with van der Waals surface area (Å²) in [6, 6.07) is 16.7. The number of benzene rings is 2. The number of hydrogen-bond donors (Lipinski definition) is 1.